The number of hydrogen-bond donors (Lipinski definition) is 0. The van der Waals surface area contributed by atoms with Crippen molar-refractivity contribution < 1.29 is 4.74 Å². The van der Waals surface area contributed by atoms with E-state index in [2.05, 4.69) is 35.2 Å². The van der Waals surface area contributed by atoms with Crippen LogP contribution in [0.3, 0.4) is 0 Å². The van der Waals surface area contributed by atoms with Crippen LogP contribution in [0.4, 0.5) is 0 Å². The third-order valence-electron chi connectivity index (χ3n) is 2.86. The molecule has 0 N–H and O–H groups in total. The fraction of sp³-hybridized carbons (Fsp3) is 0.636. The van der Waals surface area contributed by atoms with Crippen molar-refractivity contribution in [1.82, 2.24) is 9.80 Å². The van der Waals surface area contributed by atoms with Crippen LogP contribution >= 0.6 is 0 Å². The first kappa shape index (κ1) is 9.74. The average molecular weight is 194 g/mol. The average Bonchev–Trinajstić information content (AvgIpc) is 2.70. The molecule has 0 aliphatic carbocycles. The Kier molecular flexibility index (Phi) is 2.89. The summed E-state index contributed by atoms with van der Waals surface area (Å²) >= 11 is 0. The lowest BCUT2D eigenvalue weighted by Crippen LogP contribution is -2.40. The van der Waals surface area contributed by atoms with Gasteiger partial charge in [0.25, 0.3) is 0 Å². The molecule has 0 fully saturated rings. The standard InChI is InChI=1S/C11H18N2O/c1-12-8-5-10(11(9-12)14-2)13-6-3-4-7-13/h3,5-6,11H,4,7-9H2,1-2H3. The topological polar surface area (TPSA) is 15.7 Å². The van der Waals surface area contributed by atoms with Crippen LogP contribution in [0.2, 0.25) is 0 Å². The second kappa shape index (κ2) is 4.15. The molecule has 0 aromatic heterocycles. The molecule has 1 atom stereocenters. The molecule has 78 valence electrons. The second-order valence-corrected chi connectivity index (χ2v) is 3.94. The van der Waals surface area contributed by atoms with Crippen LogP contribution in [0, 0.1) is 0 Å². The molecule has 2 aliphatic heterocycles. The summed E-state index contributed by atoms with van der Waals surface area (Å²) in [5.41, 5.74) is 1.33. The predicted molar refractivity (Wildman–Crippen MR) is 56.8 cm³/mol. The van der Waals surface area contributed by atoms with Gasteiger partial charge in [0, 0.05) is 32.4 Å². The molecule has 0 radical (unpaired) electrons. The Morgan fingerprint density at radius 1 is 1.50 bits per heavy atom. The molecule has 0 aromatic rings. The van der Waals surface area contributed by atoms with Crippen molar-refractivity contribution in [1.29, 1.82) is 0 Å². The van der Waals surface area contributed by atoms with Crippen molar-refractivity contribution in [2.45, 2.75) is 12.5 Å². The maximum absolute atomic E-state index is 5.50. The van der Waals surface area contributed by atoms with E-state index in [0.29, 0.717) is 0 Å². The molecular weight excluding hydrogens is 176 g/mol. The number of rotatable bonds is 2. The van der Waals surface area contributed by atoms with Gasteiger partial charge in [-0.15, -0.1) is 0 Å². The molecule has 0 bridgehead atoms. The van der Waals surface area contributed by atoms with Crippen LogP contribution in [0.15, 0.2) is 24.0 Å². The fourth-order valence-corrected chi connectivity index (χ4v) is 2.03. The Morgan fingerprint density at radius 3 is 3.00 bits per heavy atom. The first-order chi connectivity index (χ1) is 6.81. The van der Waals surface area contributed by atoms with Gasteiger partial charge in [0.1, 0.15) is 6.10 Å². The summed E-state index contributed by atoms with van der Waals surface area (Å²) in [6.07, 6.45) is 8.04. The van der Waals surface area contributed by atoms with Crippen LogP contribution in [0.1, 0.15) is 6.42 Å². The van der Waals surface area contributed by atoms with Gasteiger partial charge >= 0.3 is 0 Å². The van der Waals surface area contributed by atoms with Crippen molar-refractivity contribution in [2.24, 2.45) is 0 Å². The van der Waals surface area contributed by atoms with Crippen LogP contribution in [-0.4, -0.2) is 49.7 Å². The number of ether oxygens (including phenoxy) is 1. The lowest BCUT2D eigenvalue weighted by atomic mass is 10.1. The Bertz CT molecular complexity index is 260. The molecule has 1 unspecified atom stereocenters. The quantitative estimate of drug-likeness (QED) is 0.653. The van der Waals surface area contributed by atoms with Gasteiger partial charge in [0.2, 0.25) is 0 Å². The lowest BCUT2D eigenvalue weighted by molar-refractivity contribution is 0.0749. The van der Waals surface area contributed by atoms with Crippen LogP contribution < -0.4 is 0 Å². The minimum Gasteiger partial charge on any atom is -0.374 e. The van der Waals surface area contributed by atoms with E-state index in [1.54, 1.807) is 7.11 Å². The van der Waals surface area contributed by atoms with Crippen molar-refractivity contribution in [3.8, 4) is 0 Å². The Balaban J connectivity index is 2.11. The molecule has 2 aliphatic rings. The van der Waals surface area contributed by atoms with Crippen LogP contribution in [0.25, 0.3) is 0 Å². The molecule has 2 rings (SSSR count). The van der Waals surface area contributed by atoms with Gasteiger partial charge in [-0.25, -0.2) is 0 Å². The zero-order valence-corrected chi connectivity index (χ0v) is 8.94. The van der Waals surface area contributed by atoms with E-state index in [1.807, 2.05) is 0 Å². The van der Waals surface area contributed by atoms with Gasteiger partial charge in [-0.1, -0.05) is 6.08 Å². The molecule has 0 saturated carbocycles. The van der Waals surface area contributed by atoms with Gasteiger partial charge < -0.3 is 9.64 Å². The third kappa shape index (κ3) is 1.83. The summed E-state index contributed by atoms with van der Waals surface area (Å²) in [7, 11) is 3.91. The number of methoxy groups -OCH3 is 1. The highest BCUT2D eigenvalue weighted by atomic mass is 16.5. The van der Waals surface area contributed by atoms with Gasteiger partial charge in [0.05, 0.1) is 0 Å². The highest BCUT2D eigenvalue weighted by Gasteiger charge is 2.24. The van der Waals surface area contributed by atoms with E-state index < -0.39 is 0 Å². The highest BCUT2D eigenvalue weighted by Crippen LogP contribution is 2.21. The van der Waals surface area contributed by atoms with Gasteiger partial charge in [-0.2, -0.15) is 0 Å². The fourth-order valence-electron chi connectivity index (χ4n) is 2.03. The molecule has 3 heteroatoms. The van der Waals surface area contributed by atoms with Crippen molar-refractivity contribution in [3.05, 3.63) is 24.0 Å². The summed E-state index contributed by atoms with van der Waals surface area (Å²) in [5, 5.41) is 0. The predicted octanol–water partition coefficient (Wildman–Crippen LogP) is 1.05. The van der Waals surface area contributed by atoms with Crippen molar-refractivity contribution in [2.75, 3.05) is 33.8 Å². The largest absolute Gasteiger partial charge is 0.374 e. The van der Waals surface area contributed by atoms with E-state index in [1.165, 1.54) is 5.70 Å². The molecule has 0 aromatic carbocycles. The van der Waals surface area contributed by atoms with E-state index in [0.717, 1.165) is 26.1 Å². The zero-order chi connectivity index (χ0) is 9.97. The van der Waals surface area contributed by atoms with Crippen molar-refractivity contribution in [3.63, 3.8) is 0 Å². The molecule has 14 heavy (non-hydrogen) atoms. The van der Waals surface area contributed by atoms with E-state index in [4.69, 9.17) is 4.74 Å². The SMILES string of the molecule is COC1CN(C)CC=C1N1C=CCC1. The minimum atomic E-state index is 0.233. The maximum atomic E-state index is 5.50. The highest BCUT2D eigenvalue weighted by molar-refractivity contribution is 5.17. The number of likely N-dealkylation sites (N-methyl/N-ethyl adjacent to an activating group) is 1. The Morgan fingerprint density at radius 2 is 2.36 bits per heavy atom. The summed E-state index contributed by atoms with van der Waals surface area (Å²) in [5.74, 6) is 0. The number of hydrogen-bond acceptors (Lipinski definition) is 3. The first-order valence-corrected chi connectivity index (χ1v) is 5.16. The first-order valence-electron chi connectivity index (χ1n) is 5.16. The van der Waals surface area contributed by atoms with E-state index in [-0.39, 0.29) is 6.10 Å². The van der Waals surface area contributed by atoms with Crippen LogP contribution in [0.5, 0.6) is 0 Å². The maximum Gasteiger partial charge on any atom is 0.109 e. The second-order valence-electron chi connectivity index (χ2n) is 3.94. The summed E-state index contributed by atoms with van der Waals surface area (Å²) in [6.45, 7) is 3.13. The molecule has 0 saturated heterocycles. The van der Waals surface area contributed by atoms with Gasteiger partial charge in [0.15, 0.2) is 0 Å². The van der Waals surface area contributed by atoms with Gasteiger partial charge in [-0.3, -0.25) is 4.90 Å². The summed E-state index contributed by atoms with van der Waals surface area (Å²) in [6, 6.07) is 0. The zero-order valence-electron chi connectivity index (χ0n) is 8.94. The summed E-state index contributed by atoms with van der Waals surface area (Å²) < 4.78 is 5.50. The third-order valence-corrected chi connectivity index (χ3v) is 2.86. The molecule has 2 heterocycles. The normalized spacial score (nSPS) is 28.3. The van der Waals surface area contributed by atoms with Crippen molar-refractivity contribution >= 4 is 0 Å². The Hall–Kier alpha value is -0.800. The molecule has 0 amide bonds. The molecular formula is C11H18N2O. The van der Waals surface area contributed by atoms with E-state index in [9.17, 15) is 0 Å². The monoisotopic (exact) mass is 194 g/mol. The molecule has 0 spiro atoms. The minimum absolute atomic E-state index is 0.233. The van der Waals surface area contributed by atoms with E-state index >= 15 is 0 Å². The Labute approximate surface area is 85.6 Å². The smallest absolute Gasteiger partial charge is 0.109 e. The van der Waals surface area contributed by atoms with Gasteiger partial charge in [-0.05, 0) is 25.7 Å². The molecule has 3 nitrogen and oxygen atoms in total. The van der Waals surface area contributed by atoms with Crippen LogP contribution in [-0.2, 0) is 4.74 Å². The number of nitrogens with zero attached hydrogens (tertiary/aromatic N) is 2. The summed E-state index contributed by atoms with van der Waals surface area (Å²) in [4.78, 5) is 4.58. The lowest BCUT2D eigenvalue weighted by Gasteiger charge is -2.33.